The van der Waals surface area contributed by atoms with Crippen molar-refractivity contribution in [3.05, 3.63) is 59.1 Å². The molecule has 0 saturated carbocycles. The normalized spacial score (nSPS) is 12.3. The molecule has 1 heterocycles. The van der Waals surface area contributed by atoms with Crippen molar-refractivity contribution >= 4 is 11.6 Å². The zero-order valence-electron chi connectivity index (χ0n) is 10.3. The van der Waals surface area contributed by atoms with Crippen LogP contribution in [0.4, 0.5) is 0 Å². The summed E-state index contributed by atoms with van der Waals surface area (Å²) in [5.41, 5.74) is 1.01. The lowest BCUT2D eigenvalue weighted by Gasteiger charge is -2.18. The van der Waals surface area contributed by atoms with Gasteiger partial charge in [-0.25, -0.2) is 9.97 Å². The van der Waals surface area contributed by atoms with E-state index in [0.717, 1.165) is 29.4 Å². The van der Waals surface area contributed by atoms with Crippen LogP contribution in [-0.2, 0) is 0 Å². The number of nitrogens with zero attached hydrogens (tertiary/aromatic N) is 2. The highest BCUT2D eigenvalue weighted by molar-refractivity contribution is 6.31. The van der Waals surface area contributed by atoms with Gasteiger partial charge < -0.3 is 5.32 Å². The van der Waals surface area contributed by atoms with Crippen LogP contribution in [0.5, 0.6) is 0 Å². The van der Waals surface area contributed by atoms with Crippen molar-refractivity contribution in [1.82, 2.24) is 15.3 Å². The smallest absolute Gasteiger partial charge is 0.149 e. The lowest BCUT2D eigenvalue weighted by Crippen LogP contribution is -2.25. The maximum absolute atomic E-state index is 6.25. The summed E-state index contributed by atoms with van der Waals surface area (Å²) in [6.07, 6.45) is 4.55. The van der Waals surface area contributed by atoms with Crippen LogP contribution in [0.2, 0.25) is 5.02 Å². The second-order valence-electron chi connectivity index (χ2n) is 4.02. The zero-order chi connectivity index (χ0) is 12.8. The number of nitrogens with one attached hydrogen (secondary N) is 1. The molecule has 0 aliphatic heterocycles. The Morgan fingerprint density at radius 3 is 2.56 bits per heavy atom. The van der Waals surface area contributed by atoms with Gasteiger partial charge in [-0.1, -0.05) is 36.7 Å². The first-order valence-corrected chi connectivity index (χ1v) is 6.45. The Balaban J connectivity index is 2.34. The minimum absolute atomic E-state index is 0.0557. The maximum atomic E-state index is 6.25. The molecule has 4 heteroatoms. The van der Waals surface area contributed by atoms with Crippen LogP contribution >= 0.6 is 11.6 Å². The van der Waals surface area contributed by atoms with E-state index in [1.165, 1.54) is 0 Å². The van der Waals surface area contributed by atoms with Gasteiger partial charge in [-0.15, -0.1) is 0 Å². The molecule has 18 heavy (non-hydrogen) atoms. The van der Waals surface area contributed by atoms with Gasteiger partial charge in [0.2, 0.25) is 0 Å². The monoisotopic (exact) mass is 261 g/mol. The summed E-state index contributed by atoms with van der Waals surface area (Å²) in [6, 6.07) is 9.55. The highest BCUT2D eigenvalue weighted by Crippen LogP contribution is 2.25. The first-order valence-electron chi connectivity index (χ1n) is 6.07. The topological polar surface area (TPSA) is 37.8 Å². The molecule has 2 aromatic rings. The van der Waals surface area contributed by atoms with Gasteiger partial charge in [-0.2, -0.15) is 0 Å². The van der Waals surface area contributed by atoms with Gasteiger partial charge >= 0.3 is 0 Å². The van der Waals surface area contributed by atoms with Crippen molar-refractivity contribution < 1.29 is 0 Å². The van der Waals surface area contributed by atoms with Gasteiger partial charge in [0.1, 0.15) is 5.82 Å². The average molecular weight is 262 g/mol. The Hall–Kier alpha value is -1.45. The molecule has 0 fully saturated rings. The van der Waals surface area contributed by atoms with Crippen LogP contribution in [0.3, 0.4) is 0 Å². The summed E-state index contributed by atoms with van der Waals surface area (Å²) in [6.45, 7) is 3.02. The molecule has 1 aromatic carbocycles. The Morgan fingerprint density at radius 2 is 1.89 bits per heavy atom. The van der Waals surface area contributed by atoms with Crippen LogP contribution in [0.1, 0.15) is 30.8 Å². The number of aromatic nitrogens is 2. The Kier molecular flexibility index (Phi) is 4.67. The zero-order valence-corrected chi connectivity index (χ0v) is 11.1. The molecule has 0 spiro atoms. The summed E-state index contributed by atoms with van der Waals surface area (Å²) < 4.78 is 0. The molecule has 3 nitrogen and oxygen atoms in total. The molecule has 0 amide bonds. The number of benzene rings is 1. The van der Waals surface area contributed by atoms with Gasteiger partial charge in [0.15, 0.2) is 0 Å². The first kappa shape index (κ1) is 13.0. The predicted molar refractivity (Wildman–Crippen MR) is 73.6 cm³/mol. The summed E-state index contributed by atoms with van der Waals surface area (Å²) in [4.78, 5) is 8.63. The van der Waals surface area contributed by atoms with E-state index < -0.39 is 0 Å². The third-order valence-corrected chi connectivity index (χ3v) is 3.00. The van der Waals surface area contributed by atoms with E-state index >= 15 is 0 Å². The molecule has 94 valence electrons. The van der Waals surface area contributed by atoms with E-state index in [0.29, 0.717) is 0 Å². The van der Waals surface area contributed by atoms with Crippen molar-refractivity contribution in [2.45, 2.75) is 19.4 Å². The third-order valence-electron chi connectivity index (χ3n) is 2.66. The highest BCUT2D eigenvalue weighted by Gasteiger charge is 2.17. The van der Waals surface area contributed by atoms with Crippen LogP contribution in [0.15, 0.2) is 42.7 Å². The fraction of sp³-hybridized carbons (Fsp3) is 0.286. The largest absolute Gasteiger partial charge is 0.304 e. The van der Waals surface area contributed by atoms with Gasteiger partial charge in [-0.05, 0) is 30.7 Å². The minimum Gasteiger partial charge on any atom is -0.304 e. The van der Waals surface area contributed by atoms with Crippen molar-refractivity contribution in [3.63, 3.8) is 0 Å². The average Bonchev–Trinajstić information content (AvgIpc) is 2.42. The van der Waals surface area contributed by atoms with Crippen LogP contribution in [0, 0.1) is 0 Å². The van der Waals surface area contributed by atoms with Gasteiger partial charge in [0, 0.05) is 17.4 Å². The summed E-state index contributed by atoms with van der Waals surface area (Å²) in [5, 5.41) is 4.17. The van der Waals surface area contributed by atoms with Crippen LogP contribution < -0.4 is 5.32 Å². The molecular formula is C14H16ClN3. The van der Waals surface area contributed by atoms with E-state index in [9.17, 15) is 0 Å². The number of hydrogen-bond donors (Lipinski definition) is 1. The second-order valence-corrected chi connectivity index (χ2v) is 4.42. The highest BCUT2D eigenvalue weighted by atomic mass is 35.5. The molecule has 1 atom stereocenters. The van der Waals surface area contributed by atoms with Gasteiger partial charge in [0.25, 0.3) is 0 Å². The SMILES string of the molecule is CCCNC(c1ncccn1)c1ccccc1Cl. The Morgan fingerprint density at radius 1 is 1.17 bits per heavy atom. The minimum atomic E-state index is -0.0557. The Bertz CT molecular complexity index is 487. The molecule has 0 radical (unpaired) electrons. The van der Waals surface area contributed by atoms with Crippen molar-refractivity contribution in [2.24, 2.45) is 0 Å². The molecule has 2 rings (SSSR count). The molecule has 0 aliphatic rings. The molecule has 0 saturated heterocycles. The molecule has 1 aromatic heterocycles. The van der Waals surface area contributed by atoms with Crippen molar-refractivity contribution in [2.75, 3.05) is 6.54 Å². The molecule has 1 unspecified atom stereocenters. The van der Waals surface area contributed by atoms with E-state index in [-0.39, 0.29) is 6.04 Å². The van der Waals surface area contributed by atoms with E-state index in [4.69, 9.17) is 11.6 Å². The van der Waals surface area contributed by atoms with Gasteiger partial charge in [0.05, 0.1) is 6.04 Å². The molecule has 0 bridgehead atoms. The van der Waals surface area contributed by atoms with Gasteiger partial charge in [-0.3, -0.25) is 0 Å². The van der Waals surface area contributed by atoms with Crippen LogP contribution in [0.25, 0.3) is 0 Å². The second kappa shape index (κ2) is 6.47. The maximum Gasteiger partial charge on any atom is 0.149 e. The van der Waals surface area contributed by atoms with E-state index in [1.54, 1.807) is 12.4 Å². The lowest BCUT2D eigenvalue weighted by molar-refractivity contribution is 0.572. The quantitative estimate of drug-likeness (QED) is 0.898. The number of hydrogen-bond acceptors (Lipinski definition) is 3. The number of rotatable bonds is 5. The fourth-order valence-electron chi connectivity index (χ4n) is 1.80. The van der Waals surface area contributed by atoms with E-state index in [2.05, 4.69) is 22.2 Å². The molecular weight excluding hydrogens is 246 g/mol. The number of halogens is 1. The molecule has 1 N–H and O–H groups in total. The summed E-state index contributed by atoms with van der Waals surface area (Å²) in [5.74, 6) is 0.749. The van der Waals surface area contributed by atoms with Crippen molar-refractivity contribution in [1.29, 1.82) is 0 Å². The predicted octanol–water partition coefficient (Wildman–Crippen LogP) is 3.22. The van der Waals surface area contributed by atoms with E-state index in [1.807, 2.05) is 30.3 Å². The summed E-state index contributed by atoms with van der Waals surface area (Å²) in [7, 11) is 0. The van der Waals surface area contributed by atoms with Crippen LogP contribution in [-0.4, -0.2) is 16.5 Å². The third kappa shape index (κ3) is 3.06. The Labute approximate surface area is 112 Å². The lowest BCUT2D eigenvalue weighted by atomic mass is 10.1. The summed E-state index contributed by atoms with van der Waals surface area (Å²) >= 11 is 6.25. The first-order chi connectivity index (χ1) is 8.83. The molecule has 0 aliphatic carbocycles. The standard InChI is InChI=1S/C14H16ClN3/c1-2-8-16-13(14-17-9-5-10-18-14)11-6-3-4-7-12(11)15/h3-7,9-10,13,16H,2,8H2,1H3. The fourth-order valence-corrected chi connectivity index (χ4v) is 2.04. The van der Waals surface area contributed by atoms with Crippen molar-refractivity contribution in [3.8, 4) is 0 Å².